The minimum atomic E-state index is -2.85. The average molecular weight is 345 g/mol. The second-order valence-corrected chi connectivity index (χ2v) is 5.44. The molecule has 0 aliphatic rings. The number of halogens is 4. The molecule has 0 saturated carbocycles. The third-order valence-electron chi connectivity index (χ3n) is 2.91. The molecule has 4 nitrogen and oxygen atoms in total. The maximum Gasteiger partial charge on any atom is 0.296 e. The van der Waals surface area contributed by atoms with E-state index in [2.05, 4.69) is 15.0 Å². The number of rotatable bonds is 3. The van der Waals surface area contributed by atoms with Crippen molar-refractivity contribution >= 4 is 34.4 Å². The Labute approximate surface area is 132 Å². The molecule has 2 aromatic heterocycles. The molecule has 0 atom stereocenters. The van der Waals surface area contributed by atoms with Gasteiger partial charge in [0.1, 0.15) is 16.8 Å². The predicted molar refractivity (Wildman–Crippen MR) is 78.4 cm³/mol. The van der Waals surface area contributed by atoms with E-state index < -0.39 is 18.1 Å². The van der Waals surface area contributed by atoms with Crippen LogP contribution in [0.25, 0.3) is 16.9 Å². The van der Waals surface area contributed by atoms with Gasteiger partial charge in [-0.05, 0) is 18.4 Å². The van der Waals surface area contributed by atoms with Crippen molar-refractivity contribution in [2.45, 2.75) is 11.6 Å². The van der Waals surface area contributed by atoms with E-state index in [1.54, 1.807) is 6.26 Å². The number of benzene rings is 1. The van der Waals surface area contributed by atoms with Crippen molar-refractivity contribution in [2.24, 2.45) is 0 Å². The Hall–Kier alpha value is -1.80. The molecule has 114 valence electrons. The molecule has 0 radical (unpaired) electrons. The number of fused-ring (bicyclic) bond motifs is 1. The minimum absolute atomic E-state index is 0.121. The van der Waals surface area contributed by atoms with E-state index in [0.717, 1.165) is 10.6 Å². The molecule has 0 unspecified atom stereocenters. The maximum atomic E-state index is 13.3. The summed E-state index contributed by atoms with van der Waals surface area (Å²) in [6, 6.07) is 5.00. The molecule has 0 amide bonds. The molecule has 3 aromatic rings. The van der Waals surface area contributed by atoms with Gasteiger partial charge < -0.3 is 0 Å². The first-order valence-electron chi connectivity index (χ1n) is 6.04. The number of nitrogens with zero attached hydrogens (tertiary/aromatic N) is 4. The molecule has 0 fully saturated rings. The van der Waals surface area contributed by atoms with Gasteiger partial charge in [-0.1, -0.05) is 23.4 Å². The lowest BCUT2D eigenvalue weighted by molar-refractivity contribution is 0.139. The fraction of sp³-hybridized carbons (Fsp3) is 0.154. The van der Waals surface area contributed by atoms with Crippen molar-refractivity contribution < 1.29 is 13.2 Å². The van der Waals surface area contributed by atoms with Crippen molar-refractivity contribution in [3.8, 4) is 5.82 Å². The van der Waals surface area contributed by atoms with Gasteiger partial charge in [0.2, 0.25) is 0 Å². The SMILES string of the molecule is CSc1nc(Cl)cc(-n2c(C(F)F)nc3cc(F)ccc32)n1. The van der Waals surface area contributed by atoms with Gasteiger partial charge in [0.05, 0.1) is 11.0 Å². The monoisotopic (exact) mass is 344 g/mol. The predicted octanol–water partition coefficient (Wildman–Crippen LogP) is 4.27. The van der Waals surface area contributed by atoms with Gasteiger partial charge in [0.15, 0.2) is 11.0 Å². The maximum absolute atomic E-state index is 13.3. The Morgan fingerprint density at radius 2 is 1.95 bits per heavy atom. The summed E-state index contributed by atoms with van der Waals surface area (Å²) < 4.78 is 41.0. The summed E-state index contributed by atoms with van der Waals surface area (Å²) in [6.45, 7) is 0. The first-order valence-corrected chi connectivity index (χ1v) is 7.65. The molecule has 3 rings (SSSR count). The largest absolute Gasteiger partial charge is 0.296 e. The second-order valence-electron chi connectivity index (χ2n) is 4.27. The first kappa shape index (κ1) is 15.1. The topological polar surface area (TPSA) is 43.6 Å². The first-order chi connectivity index (χ1) is 10.5. The van der Waals surface area contributed by atoms with Gasteiger partial charge in [-0.2, -0.15) is 0 Å². The highest BCUT2D eigenvalue weighted by Crippen LogP contribution is 2.29. The van der Waals surface area contributed by atoms with Crippen molar-refractivity contribution in [1.82, 2.24) is 19.5 Å². The second kappa shape index (κ2) is 5.77. The molecule has 9 heteroatoms. The van der Waals surface area contributed by atoms with E-state index in [0.29, 0.717) is 10.7 Å². The van der Waals surface area contributed by atoms with Crippen LogP contribution in [0, 0.1) is 5.82 Å². The zero-order valence-corrected chi connectivity index (χ0v) is 12.7. The number of aromatic nitrogens is 4. The molecular weight excluding hydrogens is 337 g/mol. The Morgan fingerprint density at radius 3 is 2.64 bits per heavy atom. The Bertz CT molecular complexity index is 853. The standard InChI is InChI=1S/C13H8ClF3N4S/c1-22-13-19-9(14)5-10(20-13)21-8-3-2-6(15)4-7(8)18-12(21)11(16)17/h2-5,11H,1H3. The quantitative estimate of drug-likeness (QED) is 0.404. The Morgan fingerprint density at radius 1 is 1.18 bits per heavy atom. The third-order valence-corrected chi connectivity index (χ3v) is 3.65. The smallest absolute Gasteiger partial charge is 0.275 e. The molecule has 0 aliphatic heterocycles. The normalized spacial score (nSPS) is 11.5. The van der Waals surface area contributed by atoms with Crippen LogP contribution in [0.3, 0.4) is 0 Å². The summed E-state index contributed by atoms with van der Waals surface area (Å²) in [5, 5.41) is 0.463. The van der Waals surface area contributed by atoms with Crippen LogP contribution >= 0.6 is 23.4 Å². The summed E-state index contributed by atoms with van der Waals surface area (Å²) in [7, 11) is 0. The molecule has 1 aromatic carbocycles. The summed E-state index contributed by atoms with van der Waals surface area (Å²) in [5.74, 6) is -0.917. The lowest BCUT2D eigenvalue weighted by Gasteiger charge is -2.09. The summed E-state index contributed by atoms with van der Waals surface area (Å²) >= 11 is 7.14. The number of imidazole rings is 1. The molecule has 0 aliphatic carbocycles. The van der Waals surface area contributed by atoms with Crippen LogP contribution in [0.4, 0.5) is 13.2 Å². The van der Waals surface area contributed by atoms with E-state index in [4.69, 9.17) is 11.6 Å². The van der Waals surface area contributed by atoms with Crippen molar-refractivity contribution in [2.75, 3.05) is 6.26 Å². The lowest BCUT2D eigenvalue weighted by Crippen LogP contribution is -2.05. The third kappa shape index (κ3) is 2.64. The van der Waals surface area contributed by atoms with E-state index in [9.17, 15) is 13.2 Å². The molecule has 0 saturated heterocycles. The highest BCUT2D eigenvalue weighted by atomic mass is 35.5. The highest BCUT2D eigenvalue weighted by molar-refractivity contribution is 7.98. The zero-order valence-electron chi connectivity index (χ0n) is 11.1. The fourth-order valence-electron chi connectivity index (χ4n) is 2.05. The fourth-order valence-corrected chi connectivity index (χ4v) is 2.65. The molecule has 0 spiro atoms. The van der Waals surface area contributed by atoms with Crippen molar-refractivity contribution in [3.63, 3.8) is 0 Å². The molecular formula is C13H8ClF3N4S. The van der Waals surface area contributed by atoms with E-state index in [1.165, 1.54) is 30.0 Å². The van der Waals surface area contributed by atoms with Crippen LogP contribution in [0.1, 0.15) is 12.2 Å². The molecule has 2 heterocycles. The summed E-state index contributed by atoms with van der Waals surface area (Å²) in [6.07, 6.45) is -1.10. The molecule has 22 heavy (non-hydrogen) atoms. The summed E-state index contributed by atoms with van der Waals surface area (Å²) in [5.41, 5.74) is 0.439. The van der Waals surface area contributed by atoms with Crippen LogP contribution in [0.5, 0.6) is 0 Å². The van der Waals surface area contributed by atoms with Crippen LogP contribution < -0.4 is 0 Å². The summed E-state index contributed by atoms with van der Waals surface area (Å²) in [4.78, 5) is 11.9. The van der Waals surface area contributed by atoms with Crippen molar-refractivity contribution in [3.05, 3.63) is 41.1 Å². The molecule has 0 bridgehead atoms. The van der Waals surface area contributed by atoms with Crippen LogP contribution in [-0.2, 0) is 0 Å². The number of alkyl halides is 2. The zero-order chi connectivity index (χ0) is 15.9. The van der Waals surface area contributed by atoms with Crippen LogP contribution in [0.15, 0.2) is 29.4 Å². The van der Waals surface area contributed by atoms with Crippen molar-refractivity contribution in [1.29, 1.82) is 0 Å². The van der Waals surface area contributed by atoms with Gasteiger partial charge in [0, 0.05) is 12.1 Å². The Balaban J connectivity index is 2.33. The van der Waals surface area contributed by atoms with Crippen LogP contribution in [0.2, 0.25) is 5.15 Å². The van der Waals surface area contributed by atoms with Gasteiger partial charge in [-0.15, -0.1) is 0 Å². The van der Waals surface area contributed by atoms with Crippen LogP contribution in [-0.4, -0.2) is 25.8 Å². The van der Waals surface area contributed by atoms with Gasteiger partial charge in [0.25, 0.3) is 6.43 Å². The number of hydrogen-bond donors (Lipinski definition) is 0. The van der Waals surface area contributed by atoms with Gasteiger partial charge in [-0.25, -0.2) is 28.1 Å². The lowest BCUT2D eigenvalue weighted by atomic mass is 10.3. The van der Waals surface area contributed by atoms with E-state index in [-0.39, 0.29) is 16.5 Å². The van der Waals surface area contributed by atoms with Gasteiger partial charge >= 0.3 is 0 Å². The number of thioether (sulfide) groups is 1. The number of hydrogen-bond acceptors (Lipinski definition) is 4. The minimum Gasteiger partial charge on any atom is -0.275 e. The van der Waals surface area contributed by atoms with E-state index >= 15 is 0 Å². The van der Waals surface area contributed by atoms with E-state index in [1.807, 2.05) is 0 Å². The average Bonchev–Trinajstić information content (AvgIpc) is 2.85. The molecule has 0 N–H and O–H groups in total. The Kier molecular flexibility index (Phi) is 3.96. The highest BCUT2D eigenvalue weighted by Gasteiger charge is 2.22. The van der Waals surface area contributed by atoms with Gasteiger partial charge in [-0.3, -0.25) is 4.57 Å².